The monoisotopic (exact) mass is 383 g/mol. The van der Waals surface area contributed by atoms with Crippen LogP contribution in [-0.2, 0) is 0 Å². The van der Waals surface area contributed by atoms with Gasteiger partial charge in [0.1, 0.15) is 5.82 Å². The molecule has 1 aliphatic carbocycles. The Kier molecular flexibility index (Phi) is 4.21. The van der Waals surface area contributed by atoms with Gasteiger partial charge in [-0.2, -0.15) is 5.10 Å². The standard InChI is InChI=1S/C24H21N3O2/c1-28-19-13-17-18(14-20(19)29-2)23-22(21(17)15-9-5-3-6-10-15)24(27-26-23)25-16-11-7-4-8-12-16/h3-14,21H,1-2H3,(H2,25,26,27). The summed E-state index contributed by atoms with van der Waals surface area (Å²) in [5, 5.41) is 11.4. The maximum absolute atomic E-state index is 5.58. The molecule has 0 spiro atoms. The van der Waals surface area contributed by atoms with E-state index in [1.807, 2.05) is 42.5 Å². The Labute approximate surface area is 169 Å². The van der Waals surface area contributed by atoms with Crippen molar-refractivity contribution in [1.29, 1.82) is 0 Å². The molecule has 3 aromatic carbocycles. The molecule has 1 atom stereocenters. The second kappa shape index (κ2) is 7.02. The number of para-hydroxylation sites is 1. The zero-order valence-electron chi connectivity index (χ0n) is 16.3. The van der Waals surface area contributed by atoms with Crippen LogP contribution in [0.2, 0.25) is 0 Å². The zero-order valence-corrected chi connectivity index (χ0v) is 16.3. The number of nitrogens with zero attached hydrogens (tertiary/aromatic N) is 1. The molecule has 0 amide bonds. The van der Waals surface area contributed by atoms with E-state index in [1.165, 1.54) is 5.56 Å². The molecule has 0 aliphatic heterocycles. The van der Waals surface area contributed by atoms with Crippen molar-refractivity contribution in [2.75, 3.05) is 19.5 Å². The SMILES string of the molecule is COc1cc2c(cc1OC)C(c1ccccc1)c1c-2n[nH]c1Nc1ccccc1. The van der Waals surface area contributed by atoms with Gasteiger partial charge in [-0.15, -0.1) is 0 Å². The van der Waals surface area contributed by atoms with Crippen molar-refractivity contribution in [2.24, 2.45) is 0 Å². The van der Waals surface area contributed by atoms with Crippen LogP contribution in [0.25, 0.3) is 11.3 Å². The van der Waals surface area contributed by atoms with Crippen LogP contribution in [0, 0.1) is 0 Å². The van der Waals surface area contributed by atoms with Gasteiger partial charge in [-0.3, -0.25) is 5.10 Å². The molecular weight excluding hydrogens is 362 g/mol. The lowest BCUT2D eigenvalue weighted by Crippen LogP contribution is -2.03. The molecule has 5 rings (SSSR count). The highest BCUT2D eigenvalue weighted by Gasteiger charge is 2.36. The van der Waals surface area contributed by atoms with E-state index < -0.39 is 0 Å². The van der Waals surface area contributed by atoms with Gasteiger partial charge in [0.25, 0.3) is 0 Å². The first-order valence-corrected chi connectivity index (χ1v) is 9.51. The van der Waals surface area contributed by atoms with Gasteiger partial charge >= 0.3 is 0 Å². The number of methoxy groups -OCH3 is 2. The number of nitrogens with one attached hydrogen (secondary N) is 2. The van der Waals surface area contributed by atoms with Crippen molar-refractivity contribution in [1.82, 2.24) is 10.2 Å². The number of hydrogen-bond donors (Lipinski definition) is 2. The van der Waals surface area contributed by atoms with Crippen LogP contribution in [0.4, 0.5) is 11.5 Å². The van der Waals surface area contributed by atoms with E-state index >= 15 is 0 Å². The largest absolute Gasteiger partial charge is 0.493 e. The first kappa shape index (κ1) is 17.4. The fraction of sp³-hybridized carbons (Fsp3) is 0.125. The molecule has 1 aromatic heterocycles. The Morgan fingerprint density at radius 3 is 2.21 bits per heavy atom. The molecule has 1 unspecified atom stereocenters. The van der Waals surface area contributed by atoms with E-state index in [0.29, 0.717) is 5.75 Å². The number of fused-ring (bicyclic) bond motifs is 3. The summed E-state index contributed by atoms with van der Waals surface area (Å²) in [6.45, 7) is 0. The van der Waals surface area contributed by atoms with Gasteiger partial charge in [-0.05, 0) is 35.4 Å². The van der Waals surface area contributed by atoms with Crippen LogP contribution in [0.15, 0.2) is 72.8 Å². The van der Waals surface area contributed by atoms with Crippen molar-refractivity contribution < 1.29 is 9.47 Å². The molecule has 0 radical (unpaired) electrons. The molecule has 1 aliphatic rings. The zero-order chi connectivity index (χ0) is 19.8. The van der Waals surface area contributed by atoms with Crippen LogP contribution in [0.3, 0.4) is 0 Å². The molecular formula is C24H21N3O2. The summed E-state index contributed by atoms with van der Waals surface area (Å²) in [5.41, 5.74) is 6.51. The molecule has 0 bridgehead atoms. The molecule has 0 saturated carbocycles. The lowest BCUT2D eigenvalue weighted by atomic mass is 9.89. The maximum atomic E-state index is 5.58. The predicted octanol–water partition coefficient (Wildman–Crippen LogP) is 5.33. The molecule has 0 saturated heterocycles. The first-order valence-electron chi connectivity index (χ1n) is 9.51. The number of hydrogen-bond acceptors (Lipinski definition) is 4. The Morgan fingerprint density at radius 2 is 1.52 bits per heavy atom. The van der Waals surface area contributed by atoms with E-state index in [2.05, 4.69) is 45.8 Å². The highest BCUT2D eigenvalue weighted by Crippen LogP contribution is 2.53. The average Bonchev–Trinajstić information content (AvgIpc) is 3.32. The second-order valence-electron chi connectivity index (χ2n) is 6.99. The molecule has 4 aromatic rings. The molecule has 144 valence electrons. The minimum atomic E-state index is 0.0472. The van der Waals surface area contributed by atoms with E-state index in [1.54, 1.807) is 14.2 Å². The average molecular weight is 383 g/mol. The van der Waals surface area contributed by atoms with Crippen LogP contribution in [0.5, 0.6) is 11.5 Å². The number of rotatable bonds is 5. The Morgan fingerprint density at radius 1 is 0.862 bits per heavy atom. The van der Waals surface area contributed by atoms with Crippen LogP contribution >= 0.6 is 0 Å². The predicted molar refractivity (Wildman–Crippen MR) is 114 cm³/mol. The second-order valence-corrected chi connectivity index (χ2v) is 6.99. The van der Waals surface area contributed by atoms with Gasteiger partial charge in [-0.1, -0.05) is 48.5 Å². The van der Waals surface area contributed by atoms with E-state index in [4.69, 9.17) is 9.47 Å². The van der Waals surface area contributed by atoms with Gasteiger partial charge in [0.05, 0.1) is 19.9 Å². The summed E-state index contributed by atoms with van der Waals surface area (Å²) in [6.07, 6.45) is 0. The van der Waals surface area contributed by atoms with Crippen molar-refractivity contribution in [3.63, 3.8) is 0 Å². The number of benzene rings is 3. The lowest BCUT2D eigenvalue weighted by Gasteiger charge is -2.17. The van der Waals surface area contributed by atoms with Gasteiger partial charge in [-0.25, -0.2) is 0 Å². The summed E-state index contributed by atoms with van der Waals surface area (Å²) in [4.78, 5) is 0. The minimum Gasteiger partial charge on any atom is -0.493 e. The summed E-state index contributed by atoms with van der Waals surface area (Å²) in [6, 6.07) is 24.7. The van der Waals surface area contributed by atoms with Gasteiger partial charge < -0.3 is 14.8 Å². The van der Waals surface area contributed by atoms with E-state index in [-0.39, 0.29) is 5.92 Å². The van der Waals surface area contributed by atoms with Crippen molar-refractivity contribution in [2.45, 2.75) is 5.92 Å². The number of H-pyrrole nitrogens is 1. The maximum Gasteiger partial charge on any atom is 0.161 e. The third-order valence-corrected chi connectivity index (χ3v) is 5.39. The summed E-state index contributed by atoms with van der Waals surface area (Å²) in [5.74, 6) is 2.37. The summed E-state index contributed by atoms with van der Waals surface area (Å²) in [7, 11) is 3.32. The number of anilines is 2. The molecule has 5 nitrogen and oxygen atoms in total. The van der Waals surface area contributed by atoms with Gasteiger partial charge in [0.15, 0.2) is 11.5 Å². The quantitative estimate of drug-likeness (QED) is 0.431. The third kappa shape index (κ3) is 2.83. The van der Waals surface area contributed by atoms with Crippen LogP contribution in [-0.4, -0.2) is 24.4 Å². The minimum absolute atomic E-state index is 0.0472. The fourth-order valence-electron chi connectivity index (χ4n) is 4.08. The highest BCUT2D eigenvalue weighted by molar-refractivity contribution is 5.85. The normalized spacial score (nSPS) is 14.2. The van der Waals surface area contributed by atoms with Gasteiger partial charge in [0.2, 0.25) is 0 Å². The highest BCUT2D eigenvalue weighted by atomic mass is 16.5. The third-order valence-electron chi connectivity index (χ3n) is 5.39. The van der Waals surface area contributed by atoms with Gasteiger partial charge in [0, 0.05) is 22.7 Å². The molecule has 0 fully saturated rings. The topological polar surface area (TPSA) is 59.2 Å². The summed E-state index contributed by atoms with van der Waals surface area (Å²) >= 11 is 0. The van der Waals surface area contributed by atoms with Crippen molar-refractivity contribution in [3.8, 4) is 22.8 Å². The Bertz CT molecular complexity index is 1150. The number of aromatic nitrogens is 2. The summed E-state index contributed by atoms with van der Waals surface area (Å²) < 4.78 is 11.1. The van der Waals surface area contributed by atoms with Crippen molar-refractivity contribution in [3.05, 3.63) is 89.5 Å². The molecule has 1 heterocycles. The molecule has 29 heavy (non-hydrogen) atoms. The Hall–Kier alpha value is -3.73. The number of aromatic amines is 1. The van der Waals surface area contributed by atoms with E-state index in [0.717, 1.165) is 39.6 Å². The van der Waals surface area contributed by atoms with Crippen LogP contribution < -0.4 is 14.8 Å². The van der Waals surface area contributed by atoms with Crippen molar-refractivity contribution >= 4 is 11.5 Å². The number of ether oxygens (including phenoxy) is 2. The van der Waals surface area contributed by atoms with E-state index in [9.17, 15) is 0 Å². The Balaban J connectivity index is 1.70. The van der Waals surface area contributed by atoms with Crippen LogP contribution in [0.1, 0.15) is 22.6 Å². The smallest absolute Gasteiger partial charge is 0.161 e. The first-order chi connectivity index (χ1) is 14.3. The lowest BCUT2D eigenvalue weighted by molar-refractivity contribution is 0.355. The molecule has 2 N–H and O–H groups in total. The fourth-order valence-corrected chi connectivity index (χ4v) is 4.08. The molecule has 5 heteroatoms.